The number of rotatable bonds is 7. The van der Waals surface area contributed by atoms with Crippen LogP contribution in [0, 0.1) is 6.92 Å². The molecule has 1 aromatic carbocycles. The van der Waals surface area contributed by atoms with E-state index in [0.29, 0.717) is 6.42 Å². The van der Waals surface area contributed by atoms with Crippen molar-refractivity contribution in [3.05, 3.63) is 35.4 Å². The lowest BCUT2D eigenvalue weighted by Gasteiger charge is -2.30. The van der Waals surface area contributed by atoms with E-state index in [2.05, 4.69) is 13.8 Å². The highest BCUT2D eigenvalue weighted by molar-refractivity contribution is 5.81. The molecule has 0 radical (unpaired) electrons. The SMILES string of the molecule is CCCCC(CCC)(C(=O)O)c1ccc(C)cc1. The van der Waals surface area contributed by atoms with Crippen LogP contribution in [-0.4, -0.2) is 11.1 Å². The molecule has 1 atom stereocenters. The summed E-state index contributed by atoms with van der Waals surface area (Å²) in [6.45, 7) is 6.18. The third-order valence-electron chi connectivity index (χ3n) is 3.65. The minimum absolute atomic E-state index is 0.679. The highest BCUT2D eigenvalue weighted by atomic mass is 16.4. The van der Waals surface area contributed by atoms with Gasteiger partial charge >= 0.3 is 5.97 Å². The largest absolute Gasteiger partial charge is 0.481 e. The molecule has 1 N–H and O–H groups in total. The second-order valence-electron chi connectivity index (χ2n) is 5.11. The normalized spacial score (nSPS) is 14.2. The Hall–Kier alpha value is -1.31. The van der Waals surface area contributed by atoms with E-state index in [1.54, 1.807) is 0 Å². The maximum absolute atomic E-state index is 11.8. The number of hydrogen-bond acceptors (Lipinski definition) is 1. The van der Waals surface area contributed by atoms with Crippen LogP contribution in [0.15, 0.2) is 24.3 Å². The first-order chi connectivity index (χ1) is 8.56. The predicted octanol–water partition coefficient (Wildman–Crippen LogP) is 4.31. The molecule has 0 aliphatic carbocycles. The van der Waals surface area contributed by atoms with Crippen molar-refractivity contribution in [1.29, 1.82) is 0 Å². The molecule has 0 aliphatic heterocycles. The summed E-state index contributed by atoms with van der Waals surface area (Å²) >= 11 is 0. The van der Waals surface area contributed by atoms with E-state index in [0.717, 1.165) is 31.2 Å². The van der Waals surface area contributed by atoms with Crippen LogP contribution < -0.4 is 0 Å². The van der Waals surface area contributed by atoms with Crippen molar-refractivity contribution in [1.82, 2.24) is 0 Å². The van der Waals surface area contributed by atoms with Gasteiger partial charge in [-0.3, -0.25) is 4.79 Å². The van der Waals surface area contributed by atoms with Crippen molar-refractivity contribution in [3.8, 4) is 0 Å². The minimum atomic E-state index is -0.696. The van der Waals surface area contributed by atoms with Gasteiger partial charge in [-0.1, -0.05) is 62.9 Å². The number of carboxylic acids is 1. The number of carbonyl (C=O) groups is 1. The standard InChI is InChI=1S/C16H24O2/c1-4-6-12-16(11-5-2,15(17)18)14-9-7-13(3)8-10-14/h7-10H,4-6,11-12H2,1-3H3,(H,17,18). The second kappa shape index (κ2) is 6.58. The van der Waals surface area contributed by atoms with Crippen molar-refractivity contribution in [2.24, 2.45) is 0 Å². The van der Waals surface area contributed by atoms with Gasteiger partial charge in [0, 0.05) is 0 Å². The highest BCUT2D eigenvalue weighted by Gasteiger charge is 2.38. The van der Waals surface area contributed by atoms with E-state index in [9.17, 15) is 9.90 Å². The number of carboxylic acid groups (broad SMARTS) is 1. The Bertz CT molecular complexity index is 381. The van der Waals surface area contributed by atoms with Crippen molar-refractivity contribution < 1.29 is 9.90 Å². The number of unbranched alkanes of at least 4 members (excludes halogenated alkanes) is 1. The van der Waals surface area contributed by atoms with Crippen LogP contribution in [0.5, 0.6) is 0 Å². The zero-order valence-electron chi connectivity index (χ0n) is 11.7. The van der Waals surface area contributed by atoms with Gasteiger partial charge < -0.3 is 5.11 Å². The molecular formula is C16H24O2. The van der Waals surface area contributed by atoms with Gasteiger partial charge in [0.25, 0.3) is 0 Å². The molecule has 0 spiro atoms. The van der Waals surface area contributed by atoms with E-state index in [4.69, 9.17) is 0 Å². The predicted molar refractivity (Wildman–Crippen MR) is 74.9 cm³/mol. The van der Waals surface area contributed by atoms with Crippen molar-refractivity contribution in [2.45, 2.75) is 58.3 Å². The molecule has 2 heteroatoms. The fourth-order valence-electron chi connectivity index (χ4n) is 2.53. The van der Waals surface area contributed by atoms with Crippen LogP contribution in [0.3, 0.4) is 0 Å². The average Bonchev–Trinajstić information content (AvgIpc) is 2.35. The molecule has 0 amide bonds. The molecule has 0 bridgehead atoms. The molecule has 0 saturated carbocycles. The highest BCUT2D eigenvalue weighted by Crippen LogP contribution is 2.35. The van der Waals surface area contributed by atoms with Gasteiger partial charge in [0.05, 0.1) is 5.41 Å². The smallest absolute Gasteiger partial charge is 0.314 e. The first kappa shape index (κ1) is 14.7. The molecule has 0 heterocycles. The fraction of sp³-hybridized carbons (Fsp3) is 0.562. The molecule has 100 valence electrons. The third-order valence-corrected chi connectivity index (χ3v) is 3.65. The van der Waals surface area contributed by atoms with Gasteiger partial charge in [0.2, 0.25) is 0 Å². The second-order valence-corrected chi connectivity index (χ2v) is 5.11. The van der Waals surface area contributed by atoms with Crippen LogP contribution in [0.1, 0.15) is 57.1 Å². The maximum atomic E-state index is 11.8. The van der Waals surface area contributed by atoms with Gasteiger partial charge in [0.1, 0.15) is 0 Å². The summed E-state index contributed by atoms with van der Waals surface area (Å²) in [4.78, 5) is 11.8. The number of aliphatic carboxylic acids is 1. The van der Waals surface area contributed by atoms with Crippen molar-refractivity contribution in [2.75, 3.05) is 0 Å². The lowest BCUT2D eigenvalue weighted by molar-refractivity contribution is -0.144. The van der Waals surface area contributed by atoms with E-state index in [1.165, 1.54) is 5.56 Å². The number of benzene rings is 1. The van der Waals surface area contributed by atoms with Gasteiger partial charge in [0.15, 0.2) is 0 Å². The zero-order chi connectivity index (χ0) is 13.6. The molecule has 0 saturated heterocycles. The van der Waals surface area contributed by atoms with E-state index >= 15 is 0 Å². The number of aryl methyl sites for hydroxylation is 1. The summed E-state index contributed by atoms with van der Waals surface area (Å²) in [5.41, 5.74) is 1.43. The Morgan fingerprint density at radius 3 is 2.17 bits per heavy atom. The fourth-order valence-corrected chi connectivity index (χ4v) is 2.53. The summed E-state index contributed by atoms with van der Waals surface area (Å²) in [7, 11) is 0. The Balaban J connectivity index is 3.15. The Morgan fingerprint density at radius 2 is 1.72 bits per heavy atom. The summed E-state index contributed by atoms with van der Waals surface area (Å²) in [6, 6.07) is 7.98. The molecule has 1 rings (SSSR count). The van der Waals surface area contributed by atoms with Crippen LogP contribution in [0.4, 0.5) is 0 Å². The molecule has 0 fully saturated rings. The van der Waals surface area contributed by atoms with Crippen LogP contribution >= 0.6 is 0 Å². The Labute approximate surface area is 110 Å². The molecular weight excluding hydrogens is 224 g/mol. The molecule has 1 aromatic rings. The van der Waals surface area contributed by atoms with Gasteiger partial charge in [-0.15, -0.1) is 0 Å². The lowest BCUT2D eigenvalue weighted by Crippen LogP contribution is -2.35. The summed E-state index contributed by atoms with van der Waals surface area (Å²) in [6.07, 6.45) is 4.33. The van der Waals surface area contributed by atoms with Gasteiger partial charge in [-0.25, -0.2) is 0 Å². The molecule has 1 unspecified atom stereocenters. The van der Waals surface area contributed by atoms with E-state index in [-0.39, 0.29) is 0 Å². The first-order valence-electron chi connectivity index (χ1n) is 6.87. The van der Waals surface area contributed by atoms with Crippen LogP contribution in [-0.2, 0) is 10.2 Å². The van der Waals surface area contributed by atoms with Crippen LogP contribution in [0.2, 0.25) is 0 Å². The lowest BCUT2D eigenvalue weighted by atomic mass is 9.73. The topological polar surface area (TPSA) is 37.3 Å². The summed E-state index contributed by atoms with van der Waals surface area (Å²) in [5, 5.41) is 9.70. The van der Waals surface area contributed by atoms with E-state index in [1.807, 2.05) is 31.2 Å². The Kier molecular flexibility index (Phi) is 5.39. The van der Waals surface area contributed by atoms with Crippen molar-refractivity contribution in [3.63, 3.8) is 0 Å². The minimum Gasteiger partial charge on any atom is -0.481 e. The molecule has 0 aliphatic rings. The summed E-state index contributed by atoms with van der Waals surface area (Å²) < 4.78 is 0. The van der Waals surface area contributed by atoms with Crippen LogP contribution in [0.25, 0.3) is 0 Å². The monoisotopic (exact) mass is 248 g/mol. The van der Waals surface area contributed by atoms with Gasteiger partial charge in [-0.2, -0.15) is 0 Å². The average molecular weight is 248 g/mol. The number of hydrogen-bond donors (Lipinski definition) is 1. The summed E-state index contributed by atoms with van der Waals surface area (Å²) in [5.74, 6) is -0.679. The van der Waals surface area contributed by atoms with Gasteiger partial charge in [-0.05, 0) is 25.3 Å². The zero-order valence-corrected chi connectivity index (χ0v) is 11.7. The van der Waals surface area contributed by atoms with E-state index < -0.39 is 11.4 Å². The maximum Gasteiger partial charge on any atom is 0.314 e. The van der Waals surface area contributed by atoms with Crippen molar-refractivity contribution >= 4 is 5.97 Å². The Morgan fingerprint density at radius 1 is 1.11 bits per heavy atom. The first-order valence-corrected chi connectivity index (χ1v) is 6.87. The molecule has 0 aromatic heterocycles. The quantitative estimate of drug-likeness (QED) is 0.780. The molecule has 2 nitrogen and oxygen atoms in total. The molecule has 18 heavy (non-hydrogen) atoms. The third kappa shape index (κ3) is 3.12.